The van der Waals surface area contributed by atoms with E-state index in [1.165, 1.54) is 6.08 Å². The van der Waals surface area contributed by atoms with Crippen LogP contribution in [-0.2, 0) is 16.0 Å². The number of hydrogen-bond donors (Lipinski definition) is 2. The van der Waals surface area contributed by atoms with Crippen LogP contribution >= 0.6 is 0 Å². The molecule has 1 amide bonds. The summed E-state index contributed by atoms with van der Waals surface area (Å²) in [6, 6.07) is 6.84. The highest BCUT2D eigenvalue weighted by molar-refractivity contribution is 5.76. The van der Waals surface area contributed by atoms with Crippen LogP contribution in [0, 0.1) is 5.92 Å². The van der Waals surface area contributed by atoms with Crippen LogP contribution in [0.25, 0.3) is 0 Å². The fourth-order valence-corrected chi connectivity index (χ4v) is 2.31. The van der Waals surface area contributed by atoms with Crippen molar-refractivity contribution in [1.82, 2.24) is 5.32 Å². The number of alkyl carbamates (subject to hydrolysis) is 1. The molecule has 1 aromatic rings. The van der Waals surface area contributed by atoms with Crippen molar-refractivity contribution in [2.75, 3.05) is 6.61 Å². The lowest BCUT2D eigenvalue weighted by Gasteiger charge is -2.18. The van der Waals surface area contributed by atoms with Crippen LogP contribution in [0.5, 0.6) is 0 Å². The number of nitrogens with one attached hydrogen (secondary N) is 1. The van der Waals surface area contributed by atoms with E-state index in [0.29, 0.717) is 6.42 Å². The molecule has 0 radical (unpaired) electrons. The SMILES string of the molecule is C=CCOC(=O)NC1c2ccccc2CC1C(=O)O. The van der Waals surface area contributed by atoms with Gasteiger partial charge in [0.15, 0.2) is 0 Å². The first-order valence-corrected chi connectivity index (χ1v) is 5.98. The highest BCUT2D eigenvalue weighted by Crippen LogP contribution is 2.36. The zero-order chi connectivity index (χ0) is 13.8. The first kappa shape index (κ1) is 13.1. The molecular formula is C14H15NO4. The molecule has 2 N–H and O–H groups in total. The van der Waals surface area contributed by atoms with Crippen molar-refractivity contribution in [3.05, 3.63) is 48.0 Å². The summed E-state index contributed by atoms with van der Waals surface area (Å²) in [4.78, 5) is 22.8. The van der Waals surface area contributed by atoms with Gasteiger partial charge in [0, 0.05) is 0 Å². The molecule has 5 nitrogen and oxygen atoms in total. The molecule has 0 fully saturated rings. The summed E-state index contributed by atoms with van der Waals surface area (Å²) in [7, 11) is 0. The second-order valence-electron chi connectivity index (χ2n) is 4.36. The third-order valence-corrected chi connectivity index (χ3v) is 3.16. The van der Waals surface area contributed by atoms with Gasteiger partial charge in [-0.15, -0.1) is 0 Å². The van der Waals surface area contributed by atoms with E-state index in [2.05, 4.69) is 11.9 Å². The lowest BCUT2D eigenvalue weighted by Crippen LogP contribution is -2.34. The quantitative estimate of drug-likeness (QED) is 0.812. The maximum absolute atomic E-state index is 11.6. The van der Waals surface area contributed by atoms with E-state index in [0.717, 1.165) is 11.1 Å². The van der Waals surface area contributed by atoms with Gasteiger partial charge in [-0.1, -0.05) is 36.9 Å². The van der Waals surface area contributed by atoms with E-state index >= 15 is 0 Å². The van der Waals surface area contributed by atoms with Gasteiger partial charge in [-0.2, -0.15) is 0 Å². The van der Waals surface area contributed by atoms with Gasteiger partial charge in [-0.3, -0.25) is 4.79 Å². The Bertz CT molecular complexity index is 512. The predicted molar refractivity (Wildman–Crippen MR) is 68.7 cm³/mol. The number of ether oxygens (including phenoxy) is 1. The van der Waals surface area contributed by atoms with Crippen molar-refractivity contribution in [2.24, 2.45) is 5.92 Å². The van der Waals surface area contributed by atoms with E-state index in [9.17, 15) is 14.7 Å². The summed E-state index contributed by atoms with van der Waals surface area (Å²) in [5.74, 6) is -1.58. The molecule has 19 heavy (non-hydrogen) atoms. The van der Waals surface area contributed by atoms with Crippen LogP contribution in [0.2, 0.25) is 0 Å². The van der Waals surface area contributed by atoms with Crippen LogP contribution in [0.3, 0.4) is 0 Å². The number of amides is 1. The van der Waals surface area contributed by atoms with Crippen molar-refractivity contribution in [3.8, 4) is 0 Å². The second kappa shape index (κ2) is 5.56. The minimum atomic E-state index is -0.926. The van der Waals surface area contributed by atoms with Gasteiger partial charge in [0.2, 0.25) is 0 Å². The van der Waals surface area contributed by atoms with Crippen LogP contribution in [-0.4, -0.2) is 23.8 Å². The highest BCUT2D eigenvalue weighted by Gasteiger charge is 2.38. The minimum absolute atomic E-state index is 0.0952. The van der Waals surface area contributed by atoms with E-state index in [1.54, 1.807) is 0 Å². The van der Waals surface area contributed by atoms with E-state index in [-0.39, 0.29) is 6.61 Å². The number of fused-ring (bicyclic) bond motifs is 1. The zero-order valence-corrected chi connectivity index (χ0v) is 10.3. The molecular weight excluding hydrogens is 246 g/mol. The van der Waals surface area contributed by atoms with Gasteiger partial charge in [0.05, 0.1) is 12.0 Å². The summed E-state index contributed by atoms with van der Waals surface area (Å²) in [6.45, 7) is 3.54. The maximum Gasteiger partial charge on any atom is 0.407 e. The minimum Gasteiger partial charge on any atom is -0.481 e. The number of carbonyl (C=O) groups is 2. The summed E-state index contributed by atoms with van der Waals surface area (Å²) in [5, 5.41) is 11.8. The van der Waals surface area contributed by atoms with Gasteiger partial charge in [-0.05, 0) is 17.5 Å². The Morgan fingerprint density at radius 1 is 1.47 bits per heavy atom. The van der Waals surface area contributed by atoms with Crippen LogP contribution in [0.4, 0.5) is 4.79 Å². The van der Waals surface area contributed by atoms with E-state index < -0.39 is 24.0 Å². The second-order valence-corrected chi connectivity index (χ2v) is 4.36. The summed E-state index contributed by atoms with van der Waals surface area (Å²) in [6.07, 6.45) is 1.24. The molecule has 0 saturated heterocycles. The Kier molecular flexibility index (Phi) is 3.85. The third kappa shape index (κ3) is 2.76. The lowest BCUT2D eigenvalue weighted by atomic mass is 10.0. The smallest absolute Gasteiger partial charge is 0.407 e. The standard InChI is InChI=1S/C14H15NO4/c1-2-7-19-14(18)15-12-10-6-4-3-5-9(10)8-11(12)13(16)17/h2-6,11-12H,1,7-8H2,(H,15,18)(H,16,17). The molecule has 2 unspecified atom stereocenters. The molecule has 1 aromatic carbocycles. The van der Waals surface area contributed by atoms with Crippen LogP contribution in [0.1, 0.15) is 17.2 Å². The van der Waals surface area contributed by atoms with Crippen LogP contribution in [0.15, 0.2) is 36.9 Å². The van der Waals surface area contributed by atoms with Crippen molar-refractivity contribution in [2.45, 2.75) is 12.5 Å². The average molecular weight is 261 g/mol. The summed E-state index contributed by atoms with van der Waals surface area (Å²) >= 11 is 0. The molecule has 5 heteroatoms. The molecule has 0 spiro atoms. The van der Waals surface area contributed by atoms with Crippen molar-refractivity contribution in [3.63, 3.8) is 0 Å². The van der Waals surface area contributed by atoms with E-state index in [4.69, 9.17) is 4.74 Å². The zero-order valence-electron chi connectivity index (χ0n) is 10.3. The van der Waals surface area contributed by atoms with Crippen molar-refractivity contribution < 1.29 is 19.4 Å². The molecule has 100 valence electrons. The number of benzene rings is 1. The van der Waals surface area contributed by atoms with Gasteiger partial charge in [0.1, 0.15) is 6.61 Å². The van der Waals surface area contributed by atoms with E-state index in [1.807, 2.05) is 24.3 Å². The molecule has 0 bridgehead atoms. The summed E-state index contributed by atoms with van der Waals surface area (Å²) < 4.78 is 4.84. The first-order chi connectivity index (χ1) is 9.13. The fourth-order valence-electron chi connectivity index (χ4n) is 2.31. The molecule has 2 atom stereocenters. The Balaban J connectivity index is 2.17. The maximum atomic E-state index is 11.6. The van der Waals surface area contributed by atoms with Gasteiger partial charge >= 0.3 is 12.1 Å². The number of hydrogen-bond acceptors (Lipinski definition) is 3. The van der Waals surface area contributed by atoms with Gasteiger partial charge in [-0.25, -0.2) is 4.79 Å². The number of rotatable bonds is 4. The first-order valence-electron chi connectivity index (χ1n) is 5.98. The molecule has 0 saturated carbocycles. The van der Waals surface area contributed by atoms with Gasteiger partial charge < -0.3 is 15.2 Å². The van der Waals surface area contributed by atoms with Crippen molar-refractivity contribution in [1.29, 1.82) is 0 Å². The molecule has 2 rings (SSSR count). The Labute approximate surface area is 110 Å². The monoisotopic (exact) mass is 261 g/mol. The third-order valence-electron chi connectivity index (χ3n) is 3.16. The topological polar surface area (TPSA) is 75.6 Å². The number of carbonyl (C=O) groups excluding carboxylic acids is 1. The average Bonchev–Trinajstić information content (AvgIpc) is 2.76. The summed E-state index contributed by atoms with van der Waals surface area (Å²) in [5.41, 5.74) is 1.79. The highest BCUT2D eigenvalue weighted by atomic mass is 16.5. The number of aliphatic carboxylic acids is 1. The molecule has 0 heterocycles. The van der Waals surface area contributed by atoms with Gasteiger partial charge in [0.25, 0.3) is 0 Å². The Morgan fingerprint density at radius 2 is 2.21 bits per heavy atom. The lowest BCUT2D eigenvalue weighted by molar-refractivity contribution is -0.142. The molecule has 0 aromatic heterocycles. The number of carboxylic acids is 1. The number of carboxylic acid groups (broad SMARTS) is 1. The molecule has 0 aliphatic heterocycles. The van der Waals surface area contributed by atoms with Crippen LogP contribution < -0.4 is 5.32 Å². The molecule has 1 aliphatic carbocycles. The largest absolute Gasteiger partial charge is 0.481 e. The Morgan fingerprint density at radius 3 is 2.89 bits per heavy atom. The van der Waals surface area contributed by atoms with Crippen molar-refractivity contribution >= 4 is 12.1 Å². The molecule has 1 aliphatic rings. The fraction of sp³-hybridized carbons (Fsp3) is 0.286. The normalized spacial score (nSPS) is 20.4. The Hall–Kier alpha value is -2.30. The predicted octanol–water partition coefficient (Wildman–Crippen LogP) is 1.90.